The van der Waals surface area contributed by atoms with Crippen molar-refractivity contribution < 1.29 is 8.42 Å². The summed E-state index contributed by atoms with van der Waals surface area (Å²) in [5.74, 6) is 0. The molecule has 0 radical (unpaired) electrons. The van der Waals surface area contributed by atoms with Crippen molar-refractivity contribution in [2.45, 2.75) is 37.4 Å². The van der Waals surface area contributed by atoms with Gasteiger partial charge in [-0.25, -0.2) is 13.1 Å². The molecule has 0 saturated heterocycles. The summed E-state index contributed by atoms with van der Waals surface area (Å²) in [4.78, 5) is 0.291. The largest absolute Gasteiger partial charge is 0.240 e. The van der Waals surface area contributed by atoms with Gasteiger partial charge in [0.2, 0.25) is 10.0 Å². The second-order valence-corrected chi connectivity index (χ2v) is 6.05. The van der Waals surface area contributed by atoms with Crippen LogP contribution >= 0.6 is 15.9 Å². The van der Waals surface area contributed by atoms with Gasteiger partial charge in [0, 0.05) is 5.33 Å². The number of allylic oxidation sites excluding steroid dienone is 1. The van der Waals surface area contributed by atoms with Gasteiger partial charge in [0.1, 0.15) is 0 Å². The zero-order valence-electron chi connectivity index (χ0n) is 12.1. The maximum atomic E-state index is 11.3. The van der Waals surface area contributed by atoms with Crippen molar-refractivity contribution in [2.24, 2.45) is 0 Å². The second-order valence-electron chi connectivity index (χ2n) is 3.60. The van der Waals surface area contributed by atoms with Gasteiger partial charge < -0.3 is 0 Å². The monoisotopic (exact) mass is 349 g/mol. The normalized spacial score (nSPS) is 9.53. The van der Waals surface area contributed by atoms with Gasteiger partial charge >= 0.3 is 0 Å². The van der Waals surface area contributed by atoms with Gasteiger partial charge in [-0.3, -0.25) is 0 Å². The Labute approximate surface area is 126 Å². The highest BCUT2D eigenvalue weighted by Gasteiger charge is 2.09. The quantitative estimate of drug-likeness (QED) is 0.659. The molecule has 0 aliphatic heterocycles. The van der Waals surface area contributed by atoms with Gasteiger partial charge in [-0.1, -0.05) is 54.4 Å². The van der Waals surface area contributed by atoms with Crippen LogP contribution in [-0.4, -0.2) is 15.5 Å². The molecule has 0 heterocycles. The van der Waals surface area contributed by atoms with Crippen LogP contribution in [0.1, 0.15) is 32.8 Å². The minimum Gasteiger partial charge on any atom is -0.214 e. The van der Waals surface area contributed by atoms with E-state index in [1.54, 1.807) is 30.3 Å². The highest BCUT2D eigenvalue weighted by molar-refractivity contribution is 9.08. The predicted molar refractivity (Wildman–Crippen MR) is 87.2 cm³/mol. The maximum absolute atomic E-state index is 11.3. The average molecular weight is 350 g/mol. The van der Waals surface area contributed by atoms with Crippen molar-refractivity contribution in [3.05, 3.63) is 42.5 Å². The molecule has 19 heavy (non-hydrogen) atoms. The Balaban J connectivity index is 0. The minimum atomic E-state index is -3.29. The molecule has 1 rings (SSSR count). The fourth-order valence-corrected chi connectivity index (χ4v) is 1.98. The van der Waals surface area contributed by atoms with Crippen molar-refractivity contribution in [3.8, 4) is 0 Å². The molecule has 0 amide bonds. The molecule has 0 bridgehead atoms. The summed E-state index contributed by atoms with van der Waals surface area (Å²) in [6.07, 6.45) is 3.00. The third kappa shape index (κ3) is 9.87. The molecule has 0 aliphatic carbocycles. The van der Waals surface area contributed by atoms with Gasteiger partial charge in [-0.05, 0) is 31.7 Å². The molecule has 0 aliphatic rings. The minimum absolute atomic E-state index is 0.291. The van der Waals surface area contributed by atoms with E-state index in [-0.39, 0.29) is 0 Å². The van der Waals surface area contributed by atoms with Crippen LogP contribution in [0, 0.1) is 0 Å². The fraction of sp³-hybridized carbons (Fsp3) is 0.429. The molecular weight excluding hydrogens is 326 g/mol. The Morgan fingerprint density at radius 1 is 1.26 bits per heavy atom. The van der Waals surface area contributed by atoms with E-state index < -0.39 is 10.0 Å². The topological polar surface area (TPSA) is 46.2 Å². The van der Waals surface area contributed by atoms with E-state index in [1.807, 2.05) is 6.92 Å². The van der Waals surface area contributed by atoms with Crippen LogP contribution in [0.2, 0.25) is 0 Å². The van der Waals surface area contributed by atoms with Crippen LogP contribution in [0.5, 0.6) is 0 Å². The number of rotatable bonds is 3. The number of nitrogens with one attached hydrogen (secondary N) is 1. The number of halogens is 1. The zero-order chi connectivity index (χ0) is 15.3. The highest BCUT2D eigenvalue weighted by atomic mass is 79.9. The van der Waals surface area contributed by atoms with Gasteiger partial charge in [0.05, 0.1) is 4.90 Å². The van der Waals surface area contributed by atoms with Crippen LogP contribution in [-0.2, 0) is 15.4 Å². The molecule has 1 aromatic rings. The molecule has 0 saturated carbocycles. The van der Waals surface area contributed by atoms with E-state index in [0.29, 0.717) is 4.90 Å². The van der Waals surface area contributed by atoms with E-state index in [4.69, 9.17) is 0 Å². The Hall–Kier alpha value is -0.650. The molecule has 110 valence electrons. The average Bonchev–Trinajstić information content (AvgIpc) is 2.40. The van der Waals surface area contributed by atoms with Gasteiger partial charge in [-0.2, -0.15) is 0 Å². The van der Waals surface area contributed by atoms with Crippen LogP contribution in [0.3, 0.4) is 0 Å². The van der Waals surface area contributed by atoms with Crippen LogP contribution < -0.4 is 4.72 Å². The SMILES string of the molecule is C=CC.CCC.CNS(=O)(=O)c1ccc(CBr)cc1. The lowest BCUT2D eigenvalue weighted by atomic mass is 10.2. The van der Waals surface area contributed by atoms with Crippen molar-refractivity contribution in [3.63, 3.8) is 0 Å². The Bertz CT molecular complexity index is 427. The first-order valence-corrected chi connectivity index (χ1v) is 8.69. The van der Waals surface area contributed by atoms with Gasteiger partial charge in [0.15, 0.2) is 0 Å². The lowest BCUT2D eigenvalue weighted by Crippen LogP contribution is -2.18. The van der Waals surface area contributed by atoms with E-state index in [9.17, 15) is 8.42 Å². The molecule has 3 nitrogen and oxygen atoms in total. The summed E-state index contributed by atoms with van der Waals surface area (Å²) in [6.45, 7) is 9.50. The van der Waals surface area contributed by atoms with Crippen LogP contribution in [0.15, 0.2) is 41.8 Å². The van der Waals surface area contributed by atoms with E-state index in [1.165, 1.54) is 13.5 Å². The van der Waals surface area contributed by atoms with Gasteiger partial charge in [0.25, 0.3) is 0 Å². The first-order chi connectivity index (χ1) is 8.93. The third-order valence-corrected chi connectivity index (χ3v) is 3.73. The first kappa shape index (κ1) is 20.7. The molecule has 0 fully saturated rings. The van der Waals surface area contributed by atoms with E-state index in [0.717, 1.165) is 10.9 Å². The smallest absolute Gasteiger partial charge is 0.214 e. The van der Waals surface area contributed by atoms with Crippen molar-refractivity contribution in [1.29, 1.82) is 0 Å². The summed E-state index contributed by atoms with van der Waals surface area (Å²) in [5, 5.41) is 0.729. The molecule has 1 aromatic carbocycles. The number of hydrogen-bond acceptors (Lipinski definition) is 2. The predicted octanol–water partition coefficient (Wildman–Crippen LogP) is 4.10. The number of benzene rings is 1. The van der Waals surface area contributed by atoms with Crippen LogP contribution in [0.25, 0.3) is 0 Å². The molecule has 0 spiro atoms. The molecule has 0 unspecified atom stereocenters. The Morgan fingerprint density at radius 2 is 1.63 bits per heavy atom. The summed E-state index contributed by atoms with van der Waals surface area (Å²) >= 11 is 3.28. The maximum Gasteiger partial charge on any atom is 0.240 e. The number of sulfonamides is 1. The first-order valence-electron chi connectivity index (χ1n) is 6.08. The highest BCUT2D eigenvalue weighted by Crippen LogP contribution is 2.11. The molecule has 0 aromatic heterocycles. The summed E-state index contributed by atoms with van der Waals surface area (Å²) in [6, 6.07) is 6.72. The molecular formula is C14H24BrNO2S. The van der Waals surface area contributed by atoms with E-state index >= 15 is 0 Å². The van der Waals surface area contributed by atoms with Crippen molar-refractivity contribution >= 4 is 26.0 Å². The third-order valence-electron chi connectivity index (χ3n) is 1.66. The summed E-state index contributed by atoms with van der Waals surface area (Å²) in [5.41, 5.74) is 1.05. The van der Waals surface area contributed by atoms with Crippen molar-refractivity contribution in [2.75, 3.05) is 7.05 Å². The number of hydrogen-bond donors (Lipinski definition) is 1. The Morgan fingerprint density at radius 3 is 1.89 bits per heavy atom. The fourth-order valence-electron chi connectivity index (χ4n) is 0.876. The Kier molecular flexibility index (Phi) is 13.5. The lowest BCUT2D eigenvalue weighted by Gasteiger charge is -2.02. The lowest BCUT2D eigenvalue weighted by molar-refractivity contribution is 0.588. The summed E-state index contributed by atoms with van der Waals surface area (Å²) < 4.78 is 24.8. The molecule has 5 heteroatoms. The zero-order valence-corrected chi connectivity index (χ0v) is 14.5. The summed E-state index contributed by atoms with van der Waals surface area (Å²) in [7, 11) is -1.89. The molecule has 1 N–H and O–H groups in total. The number of alkyl halides is 1. The van der Waals surface area contributed by atoms with Crippen molar-refractivity contribution in [1.82, 2.24) is 4.72 Å². The van der Waals surface area contributed by atoms with E-state index in [2.05, 4.69) is 41.1 Å². The standard InChI is InChI=1S/C8H10BrNO2S.C3H8.C3H6/c1-10-13(11,12)8-4-2-7(6-9)3-5-8;2*1-3-2/h2-5,10H,6H2,1H3;3H2,1-2H3;3H,1H2,2H3. The second kappa shape index (κ2) is 12.4. The van der Waals surface area contributed by atoms with Gasteiger partial charge in [-0.15, -0.1) is 6.58 Å². The van der Waals surface area contributed by atoms with Crippen LogP contribution in [0.4, 0.5) is 0 Å². The molecule has 0 atom stereocenters.